The van der Waals surface area contributed by atoms with Crippen LogP contribution in [0, 0.1) is 0 Å². The number of nitrogens with one attached hydrogen (secondary N) is 1. The van der Waals surface area contributed by atoms with E-state index >= 15 is 0 Å². The summed E-state index contributed by atoms with van der Waals surface area (Å²) in [6.45, 7) is 2.60. The predicted octanol–water partition coefficient (Wildman–Crippen LogP) is 1.23. The second kappa shape index (κ2) is 5.75. The summed E-state index contributed by atoms with van der Waals surface area (Å²) in [6, 6.07) is 5.51. The lowest BCUT2D eigenvalue weighted by Gasteiger charge is -2.18. The van der Waals surface area contributed by atoms with Crippen LogP contribution in [0.4, 0.5) is 0 Å². The maximum atomic E-state index is 12.1. The zero-order valence-electron chi connectivity index (χ0n) is 12.6. The van der Waals surface area contributed by atoms with Gasteiger partial charge in [-0.2, -0.15) is 4.98 Å². The molecule has 22 heavy (non-hydrogen) atoms. The molecule has 1 unspecified atom stereocenters. The van der Waals surface area contributed by atoms with E-state index in [2.05, 4.69) is 20.4 Å². The second-order valence-corrected chi connectivity index (χ2v) is 5.31. The molecule has 0 spiro atoms. The zero-order valence-corrected chi connectivity index (χ0v) is 12.6. The molecule has 0 saturated carbocycles. The normalized spacial score (nSPS) is 20.9. The number of hydrogen-bond acceptors (Lipinski definition) is 6. The van der Waals surface area contributed by atoms with Crippen molar-refractivity contribution in [1.82, 2.24) is 20.4 Å². The summed E-state index contributed by atoms with van der Waals surface area (Å²) < 4.78 is 10.5. The van der Waals surface area contributed by atoms with E-state index in [1.165, 1.54) is 0 Å². The fraction of sp³-hybridized carbons (Fsp3) is 0.467. The fourth-order valence-corrected chi connectivity index (χ4v) is 2.72. The Morgan fingerprint density at radius 1 is 1.41 bits per heavy atom. The fourth-order valence-electron chi connectivity index (χ4n) is 2.72. The van der Waals surface area contributed by atoms with Crippen LogP contribution in [-0.2, 0) is 16.6 Å². The molecular formula is C15H18N4O3. The van der Waals surface area contributed by atoms with E-state index in [0.717, 1.165) is 5.69 Å². The van der Waals surface area contributed by atoms with Gasteiger partial charge in [0.05, 0.1) is 19.2 Å². The van der Waals surface area contributed by atoms with Gasteiger partial charge in [-0.3, -0.25) is 4.79 Å². The first kappa shape index (κ1) is 14.5. The molecule has 1 aliphatic rings. The average molecular weight is 302 g/mol. The Labute approximate surface area is 128 Å². The zero-order chi connectivity index (χ0) is 15.6. The molecule has 7 heteroatoms. The molecule has 1 saturated heterocycles. The van der Waals surface area contributed by atoms with Gasteiger partial charge in [0.15, 0.2) is 5.82 Å². The molecule has 0 aromatic carbocycles. The van der Waals surface area contributed by atoms with Gasteiger partial charge in [0, 0.05) is 12.6 Å². The molecule has 0 radical (unpaired) electrons. The van der Waals surface area contributed by atoms with Gasteiger partial charge < -0.3 is 14.6 Å². The van der Waals surface area contributed by atoms with Crippen LogP contribution in [0.15, 0.2) is 22.7 Å². The third kappa shape index (κ3) is 2.43. The highest BCUT2D eigenvalue weighted by Gasteiger charge is 2.47. The summed E-state index contributed by atoms with van der Waals surface area (Å²) in [7, 11) is 1.57. The minimum Gasteiger partial charge on any atom is -0.481 e. The van der Waals surface area contributed by atoms with Crippen LogP contribution >= 0.6 is 0 Å². The van der Waals surface area contributed by atoms with Crippen molar-refractivity contribution in [3.63, 3.8) is 0 Å². The van der Waals surface area contributed by atoms with Crippen molar-refractivity contribution in [3.05, 3.63) is 35.6 Å². The van der Waals surface area contributed by atoms with Gasteiger partial charge in [-0.05, 0) is 18.9 Å². The van der Waals surface area contributed by atoms with Crippen molar-refractivity contribution in [2.75, 3.05) is 13.7 Å². The molecule has 116 valence electrons. The molecule has 1 N–H and O–H groups in total. The monoisotopic (exact) mass is 302 g/mol. The number of methoxy groups -OCH3 is 1. The first-order chi connectivity index (χ1) is 10.7. The van der Waals surface area contributed by atoms with Gasteiger partial charge in [0.2, 0.25) is 17.7 Å². The van der Waals surface area contributed by atoms with Crippen LogP contribution in [0.5, 0.6) is 5.88 Å². The summed E-state index contributed by atoms with van der Waals surface area (Å²) in [5, 5.41) is 6.83. The standard InChI is InChI=1S/C15H18N4O3/c1-3-15(7-8-16-13(15)20)14-18-11(19-22-14)9-10-5-4-6-12(17-10)21-2/h4-6H,3,7-9H2,1-2H3,(H,16,20). The van der Waals surface area contributed by atoms with Gasteiger partial charge in [0.25, 0.3) is 0 Å². The van der Waals surface area contributed by atoms with Crippen LogP contribution in [-0.4, -0.2) is 34.7 Å². The molecule has 1 fully saturated rings. The number of aromatic nitrogens is 3. The minimum atomic E-state index is -0.687. The Bertz CT molecular complexity index is 685. The topological polar surface area (TPSA) is 90.1 Å². The number of carbonyl (C=O) groups excluding carboxylic acids is 1. The first-order valence-corrected chi connectivity index (χ1v) is 7.29. The number of pyridine rings is 1. The van der Waals surface area contributed by atoms with Crippen molar-refractivity contribution in [1.29, 1.82) is 0 Å². The molecule has 7 nitrogen and oxygen atoms in total. The quantitative estimate of drug-likeness (QED) is 0.893. The minimum absolute atomic E-state index is 0.0373. The molecular weight excluding hydrogens is 284 g/mol. The molecule has 3 rings (SSSR count). The molecule has 2 aromatic heterocycles. The number of carbonyl (C=O) groups is 1. The van der Waals surface area contributed by atoms with Crippen molar-refractivity contribution in [3.8, 4) is 5.88 Å². The summed E-state index contributed by atoms with van der Waals surface area (Å²) in [5.41, 5.74) is 0.0979. The Balaban J connectivity index is 1.83. The van der Waals surface area contributed by atoms with Crippen molar-refractivity contribution < 1.29 is 14.1 Å². The van der Waals surface area contributed by atoms with Gasteiger partial charge in [-0.25, -0.2) is 4.98 Å². The Kier molecular flexibility index (Phi) is 3.79. The van der Waals surface area contributed by atoms with E-state index < -0.39 is 5.41 Å². The van der Waals surface area contributed by atoms with Gasteiger partial charge >= 0.3 is 0 Å². The number of amides is 1. The SMILES string of the molecule is CCC1(c2nc(Cc3cccc(OC)n3)no2)CCNC1=O. The van der Waals surface area contributed by atoms with Crippen molar-refractivity contribution >= 4 is 5.91 Å². The summed E-state index contributed by atoms with van der Waals surface area (Å²) in [5.74, 6) is 1.41. The number of rotatable bonds is 5. The van der Waals surface area contributed by atoms with E-state index in [0.29, 0.717) is 43.4 Å². The van der Waals surface area contributed by atoms with Gasteiger partial charge in [-0.15, -0.1) is 0 Å². The maximum absolute atomic E-state index is 12.1. The Hall–Kier alpha value is -2.44. The Morgan fingerprint density at radius 2 is 2.27 bits per heavy atom. The van der Waals surface area contributed by atoms with E-state index in [9.17, 15) is 4.79 Å². The highest BCUT2D eigenvalue weighted by Crippen LogP contribution is 2.34. The average Bonchev–Trinajstić information content (AvgIpc) is 3.15. The van der Waals surface area contributed by atoms with E-state index in [1.54, 1.807) is 13.2 Å². The molecule has 1 amide bonds. The molecule has 0 aliphatic carbocycles. The summed E-state index contributed by atoms with van der Waals surface area (Å²) >= 11 is 0. The number of ether oxygens (including phenoxy) is 1. The van der Waals surface area contributed by atoms with Crippen LogP contribution in [0.1, 0.15) is 37.2 Å². The lowest BCUT2D eigenvalue weighted by molar-refractivity contribution is -0.124. The maximum Gasteiger partial charge on any atom is 0.242 e. The second-order valence-electron chi connectivity index (χ2n) is 5.31. The van der Waals surface area contributed by atoms with Crippen LogP contribution < -0.4 is 10.1 Å². The van der Waals surface area contributed by atoms with Crippen LogP contribution in [0.25, 0.3) is 0 Å². The largest absolute Gasteiger partial charge is 0.481 e. The number of hydrogen-bond donors (Lipinski definition) is 1. The smallest absolute Gasteiger partial charge is 0.242 e. The molecule has 3 heterocycles. The lowest BCUT2D eigenvalue weighted by atomic mass is 9.83. The molecule has 0 bridgehead atoms. The van der Waals surface area contributed by atoms with E-state index in [-0.39, 0.29) is 5.91 Å². The molecule has 2 aromatic rings. The third-order valence-electron chi connectivity index (χ3n) is 4.08. The summed E-state index contributed by atoms with van der Waals surface area (Å²) in [4.78, 5) is 20.9. The highest BCUT2D eigenvalue weighted by atomic mass is 16.5. The summed E-state index contributed by atoms with van der Waals surface area (Å²) in [6.07, 6.45) is 1.75. The highest BCUT2D eigenvalue weighted by molar-refractivity contribution is 5.89. The van der Waals surface area contributed by atoms with Crippen molar-refractivity contribution in [2.24, 2.45) is 0 Å². The first-order valence-electron chi connectivity index (χ1n) is 7.29. The van der Waals surface area contributed by atoms with Crippen molar-refractivity contribution in [2.45, 2.75) is 31.6 Å². The van der Waals surface area contributed by atoms with Gasteiger partial charge in [-0.1, -0.05) is 18.1 Å². The molecule has 1 aliphatic heterocycles. The van der Waals surface area contributed by atoms with Gasteiger partial charge in [0.1, 0.15) is 5.41 Å². The van der Waals surface area contributed by atoms with E-state index in [4.69, 9.17) is 9.26 Å². The third-order valence-corrected chi connectivity index (χ3v) is 4.08. The van der Waals surface area contributed by atoms with E-state index in [1.807, 2.05) is 19.1 Å². The van der Waals surface area contributed by atoms with Crippen LogP contribution in [0.2, 0.25) is 0 Å². The molecule has 1 atom stereocenters. The predicted molar refractivity (Wildman–Crippen MR) is 77.5 cm³/mol. The number of nitrogens with zero attached hydrogens (tertiary/aromatic N) is 3. The van der Waals surface area contributed by atoms with Crippen LogP contribution in [0.3, 0.4) is 0 Å². The Morgan fingerprint density at radius 3 is 2.95 bits per heavy atom. The lowest BCUT2D eigenvalue weighted by Crippen LogP contribution is -2.35.